The maximum atomic E-state index is 12.8. The molecule has 9 N–H and O–H groups in total. The van der Waals surface area contributed by atoms with Gasteiger partial charge in [0, 0.05) is 18.3 Å². The van der Waals surface area contributed by atoms with Crippen LogP contribution >= 0.6 is 11.8 Å². The van der Waals surface area contributed by atoms with Crippen molar-refractivity contribution in [3.05, 3.63) is 18.2 Å². The first-order valence-electron chi connectivity index (χ1n) is 9.75. The predicted molar refractivity (Wildman–Crippen MR) is 115 cm³/mol. The van der Waals surface area contributed by atoms with Crippen LogP contribution in [-0.4, -0.2) is 97.9 Å². The van der Waals surface area contributed by atoms with Crippen LogP contribution in [-0.2, 0) is 25.6 Å². The number of nitrogens with two attached hydrogens (primary N) is 1. The fourth-order valence-corrected chi connectivity index (χ4v) is 3.02. The van der Waals surface area contributed by atoms with E-state index in [0.717, 1.165) is 0 Å². The van der Waals surface area contributed by atoms with E-state index >= 15 is 0 Å². The number of aromatic amines is 1. The molecular formula is C18H30N6O7S. The van der Waals surface area contributed by atoms with Crippen LogP contribution in [0.4, 0.5) is 0 Å². The topological polar surface area (TPSA) is 220 Å². The third-order valence-electron chi connectivity index (χ3n) is 4.48. The maximum absolute atomic E-state index is 12.8. The summed E-state index contributed by atoms with van der Waals surface area (Å²) in [5, 5.41) is 35.3. The standard InChI is InChI=1S/C18H30N6O7S/c1-9(26)14(19)17(29)24-13(7-25)16(28)23-12(5-10-6-20-8-21-10)15(27)22-11(18(30)31)3-4-32-2/h6,8-9,11-14,25-26H,3-5,7,19H2,1-2H3,(H,20,21)(H,22,27)(H,23,28)(H,24,29)(H,30,31). The number of rotatable bonds is 14. The van der Waals surface area contributed by atoms with Gasteiger partial charge in [-0.15, -0.1) is 0 Å². The third kappa shape index (κ3) is 8.82. The number of aliphatic hydroxyl groups is 2. The van der Waals surface area contributed by atoms with Crippen LogP contribution in [0.1, 0.15) is 19.0 Å². The summed E-state index contributed by atoms with van der Waals surface area (Å²) in [7, 11) is 0. The predicted octanol–water partition coefficient (Wildman–Crippen LogP) is -3.06. The molecule has 1 aromatic heterocycles. The van der Waals surface area contributed by atoms with E-state index in [2.05, 4.69) is 25.9 Å². The van der Waals surface area contributed by atoms with Crippen LogP contribution in [0.15, 0.2) is 12.5 Å². The zero-order valence-corrected chi connectivity index (χ0v) is 18.6. The van der Waals surface area contributed by atoms with Gasteiger partial charge in [-0.3, -0.25) is 14.4 Å². The lowest BCUT2D eigenvalue weighted by Gasteiger charge is -2.24. The lowest BCUT2D eigenvalue weighted by atomic mass is 10.1. The molecule has 32 heavy (non-hydrogen) atoms. The Balaban J connectivity index is 2.94. The Hall–Kier alpha value is -2.68. The SMILES string of the molecule is CSCCC(NC(=O)C(Cc1cnc[nH]1)NC(=O)C(CO)NC(=O)C(N)C(C)O)C(=O)O. The first kappa shape index (κ1) is 27.4. The minimum Gasteiger partial charge on any atom is -0.480 e. The zero-order valence-electron chi connectivity index (χ0n) is 17.8. The first-order chi connectivity index (χ1) is 15.1. The second kappa shape index (κ2) is 13.7. The quantitative estimate of drug-likeness (QED) is 0.136. The Morgan fingerprint density at radius 3 is 2.22 bits per heavy atom. The van der Waals surface area contributed by atoms with Crippen LogP contribution in [0.25, 0.3) is 0 Å². The summed E-state index contributed by atoms with van der Waals surface area (Å²) in [5.74, 6) is -3.24. The number of thioether (sulfide) groups is 1. The summed E-state index contributed by atoms with van der Waals surface area (Å²) in [4.78, 5) is 55.5. The monoisotopic (exact) mass is 474 g/mol. The molecule has 0 bridgehead atoms. The van der Waals surface area contributed by atoms with E-state index < -0.39 is 60.6 Å². The number of hydrogen-bond donors (Lipinski definition) is 8. The van der Waals surface area contributed by atoms with Gasteiger partial charge in [-0.1, -0.05) is 0 Å². The van der Waals surface area contributed by atoms with Crippen molar-refractivity contribution in [2.45, 2.75) is 50.0 Å². The van der Waals surface area contributed by atoms with Gasteiger partial charge in [-0.25, -0.2) is 9.78 Å². The summed E-state index contributed by atoms with van der Waals surface area (Å²) >= 11 is 1.42. The molecule has 0 aliphatic heterocycles. The normalized spacial score (nSPS) is 15.7. The van der Waals surface area contributed by atoms with Gasteiger partial charge in [0.15, 0.2) is 0 Å². The van der Waals surface area contributed by atoms with Crippen molar-refractivity contribution >= 4 is 35.5 Å². The molecule has 180 valence electrons. The second-order valence-corrected chi connectivity index (χ2v) is 8.02. The lowest BCUT2D eigenvalue weighted by molar-refractivity contribution is -0.142. The number of amides is 3. The summed E-state index contributed by atoms with van der Waals surface area (Å²) in [6, 6.07) is -5.16. The Kier molecular flexibility index (Phi) is 11.7. The van der Waals surface area contributed by atoms with Crippen LogP contribution in [0.3, 0.4) is 0 Å². The summed E-state index contributed by atoms with van der Waals surface area (Å²) < 4.78 is 0. The number of carboxylic acids is 1. The van der Waals surface area contributed by atoms with Gasteiger partial charge >= 0.3 is 5.97 Å². The summed E-state index contributed by atoms with van der Waals surface area (Å²) in [5.41, 5.74) is 6.01. The number of aliphatic hydroxyl groups excluding tert-OH is 2. The van der Waals surface area contributed by atoms with Crippen LogP contribution < -0.4 is 21.7 Å². The van der Waals surface area contributed by atoms with Crippen molar-refractivity contribution in [3.63, 3.8) is 0 Å². The average Bonchev–Trinajstić information content (AvgIpc) is 3.26. The molecule has 5 unspecified atom stereocenters. The lowest BCUT2D eigenvalue weighted by Crippen LogP contribution is -2.59. The second-order valence-electron chi connectivity index (χ2n) is 7.03. The molecule has 13 nitrogen and oxygen atoms in total. The molecule has 3 amide bonds. The van der Waals surface area contributed by atoms with E-state index in [-0.39, 0.29) is 12.8 Å². The minimum atomic E-state index is -1.45. The van der Waals surface area contributed by atoms with Crippen LogP contribution in [0, 0.1) is 0 Å². The molecule has 0 fully saturated rings. The number of nitrogens with zero attached hydrogens (tertiary/aromatic N) is 1. The van der Waals surface area contributed by atoms with Gasteiger partial charge in [-0.2, -0.15) is 11.8 Å². The van der Waals surface area contributed by atoms with E-state index in [1.807, 2.05) is 0 Å². The molecule has 1 aromatic rings. The van der Waals surface area contributed by atoms with Crippen LogP contribution in [0.2, 0.25) is 0 Å². The van der Waals surface area contributed by atoms with Gasteiger partial charge < -0.3 is 42.0 Å². The van der Waals surface area contributed by atoms with Crippen molar-refractivity contribution in [1.29, 1.82) is 0 Å². The third-order valence-corrected chi connectivity index (χ3v) is 5.12. The van der Waals surface area contributed by atoms with Crippen molar-refractivity contribution < 1.29 is 34.5 Å². The summed E-state index contributed by atoms with van der Waals surface area (Å²) in [6.45, 7) is 0.493. The highest BCUT2D eigenvalue weighted by Crippen LogP contribution is 2.05. The molecule has 0 saturated heterocycles. The highest BCUT2D eigenvalue weighted by Gasteiger charge is 2.31. The highest BCUT2D eigenvalue weighted by molar-refractivity contribution is 7.98. The minimum absolute atomic E-state index is 0.0499. The van der Waals surface area contributed by atoms with E-state index in [1.54, 1.807) is 6.26 Å². The van der Waals surface area contributed by atoms with Crippen molar-refractivity contribution in [1.82, 2.24) is 25.9 Å². The molecule has 1 heterocycles. The van der Waals surface area contributed by atoms with Gasteiger partial charge in [-0.05, 0) is 25.4 Å². The number of carbonyl (C=O) groups excluding carboxylic acids is 3. The number of aliphatic carboxylic acids is 1. The molecule has 0 aromatic carbocycles. The molecule has 0 aliphatic carbocycles. The van der Waals surface area contributed by atoms with E-state index in [0.29, 0.717) is 11.4 Å². The number of nitrogens with one attached hydrogen (secondary N) is 4. The molecule has 0 aliphatic rings. The van der Waals surface area contributed by atoms with Gasteiger partial charge in [0.1, 0.15) is 24.2 Å². The maximum Gasteiger partial charge on any atom is 0.326 e. The van der Waals surface area contributed by atoms with Crippen molar-refractivity contribution in [2.75, 3.05) is 18.6 Å². The largest absolute Gasteiger partial charge is 0.480 e. The Morgan fingerprint density at radius 2 is 1.72 bits per heavy atom. The molecule has 5 atom stereocenters. The van der Waals surface area contributed by atoms with Gasteiger partial charge in [0.25, 0.3) is 0 Å². The fraction of sp³-hybridized carbons (Fsp3) is 0.611. The summed E-state index contributed by atoms with van der Waals surface area (Å²) in [6.07, 6.45) is 3.55. The number of imidazole rings is 1. The Bertz CT molecular complexity index is 761. The Labute approximate surface area is 188 Å². The first-order valence-corrected chi connectivity index (χ1v) is 11.1. The molecule has 0 saturated carbocycles. The smallest absolute Gasteiger partial charge is 0.326 e. The molecule has 0 radical (unpaired) electrons. The molecule has 0 spiro atoms. The molecular weight excluding hydrogens is 444 g/mol. The fourth-order valence-electron chi connectivity index (χ4n) is 2.54. The number of hydrogen-bond acceptors (Lipinski definition) is 9. The number of H-pyrrole nitrogens is 1. The van der Waals surface area contributed by atoms with E-state index in [4.69, 9.17) is 5.73 Å². The van der Waals surface area contributed by atoms with Gasteiger partial charge in [0.2, 0.25) is 17.7 Å². The average molecular weight is 475 g/mol. The zero-order chi connectivity index (χ0) is 24.3. The molecule has 14 heteroatoms. The molecule has 1 rings (SSSR count). The Morgan fingerprint density at radius 1 is 1.12 bits per heavy atom. The van der Waals surface area contributed by atoms with Gasteiger partial charge in [0.05, 0.1) is 19.0 Å². The number of carboxylic acid groups (broad SMARTS) is 1. The number of aromatic nitrogens is 2. The van der Waals surface area contributed by atoms with E-state index in [1.165, 1.54) is 31.2 Å². The number of carbonyl (C=O) groups is 4. The van der Waals surface area contributed by atoms with Crippen molar-refractivity contribution in [3.8, 4) is 0 Å². The van der Waals surface area contributed by atoms with Crippen LogP contribution in [0.5, 0.6) is 0 Å². The highest BCUT2D eigenvalue weighted by atomic mass is 32.2. The van der Waals surface area contributed by atoms with E-state index in [9.17, 15) is 34.5 Å². The van der Waals surface area contributed by atoms with Crippen molar-refractivity contribution in [2.24, 2.45) is 5.73 Å².